The molecule has 0 aromatic heterocycles. The molecule has 1 fully saturated rings. The number of halogens is 2. The van der Waals surface area contributed by atoms with Gasteiger partial charge in [0.2, 0.25) is 5.91 Å². The van der Waals surface area contributed by atoms with Crippen molar-refractivity contribution in [1.29, 1.82) is 0 Å². The first-order chi connectivity index (χ1) is 8.56. The normalized spacial score (nSPS) is 16.1. The quantitative estimate of drug-likeness (QED) is 0.904. The van der Waals surface area contributed by atoms with Gasteiger partial charge in [-0.25, -0.2) is 4.39 Å². The standard InChI is InChI=1S/C14H19FN2O.ClH/c1-10-2-3-12(15)8-11(10)9-14(18)17-6-4-13(16)5-7-17;/h2-3,8,13H,4-7,9,16H2,1H3;1H. The summed E-state index contributed by atoms with van der Waals surface area (Å²) < 4.78 is 13.1. The Balaban J connectivity index is 0.00000180. The molecule has 2 rings (SSSR count). The predicted molar refractivity (Wildman–Crippen MR) is 75.9 cm³/mol. The SMILES string of the molecule is Cc1ccc(F)cc1CC(=O)N1CCC(N)CC1.Cl. The summed E-state index contributed by atoms with van der Waals surface area (Å²) in [5.74, 6) is -0.223. The van der Waals surface area contributed by atoms with Gasteiger partial charge in [-0.3, -0.25) is 4.79 Å². The van der Waals surface area contributed by atoms with Crippen LogP contribution in [-0.2, 0) is 11.2 Å². The van der Waals surface area contributed by atoms with E-state index in [0.717, 1.165) is 24.0 Å². The van der Waals surface area contributed by atoms with E-state index in [1.54, 1.807) is 6.07 Å². The van der Waals surface area contributed by atoms with Crippen LogP contribution in [-0.4, -0.2) is 29.9 Å². The Bertz CT molecular complexity index is 445. The van der Waals surface area contributed by atoms with E-state index in [1.807, 2.05) is 11.8 Å². The van der Waals surface area contributed by atoms with Crippen molar-refractivity contribution in [2.75, 3.05) is 13.1 Å². The molecule has 0 spiro atoms. The number of carbonyl (C=O) groups excluding carboxylic acids is 1. The minimum absolute atomic E-state index is 0. The van der Waals surface area contributed by atoms with Crippen molar-refractivity contribution >= 4 is 18.3 Å². The second-order valence-electron chi connectivity index (χ2n) is 4.97. The molecule has 19 heavy (non-hydrogen) atoms. The molecular formula is C14H20ClFN2O. The maximum atomic E-state index is 13.1. The molecule has 2 N–H and O–H groups in total. The van der Waals surface area contributed by atoms with Crippen LogP contribution in [0.2, 0.25) is 0 Å². The van der Waals surface area contributed by atoms with Crippen LogP contribution in [0.4, 0.5) is 4.39 Å². The van der Waals surface area contributed by atoms with Gasteiger partial charge < -0.3 is 10.6 Å². The van der Waals surface area contributed by atoms with Gasteiger partial charge in [0.15, 0.2) is 0 Å². The van der Waals surface area contributed by atoms with E-state index in [4.69, 9.17) is 5.73 Å². The monoisotopic (exact) mass is 286 g/mol. The van der Waals surface area contributed by atoms with E-state index in [9.17, 15) is 9.18 Å². The second-order valence-corrected chi connectivity index (χ2v) is 4.97. The molecule has 106 valence electrons. The fraction of sp³-hybridized carbons (Fsp3) is 0.500. The molecule has 3 nitrogen and oxygen atoms in total. The van der Waals surface area contributed by atoms with E-state index in [-0.39, 0.29) is 36.6 Å². The third-order valence-electron chi connectivity index (χ3n) is 3.55. The first kappa shape index (κ1) is 15.9. The lowest BCUT2D eigenvalue weighted by Gasteiger charge is -2.30. The van der Waals surface area contributed by atoms with Gasteiger partial charge in [-0.05, 0) is 43.0 Å². The summed E-state index contributed by atoms with van der Waals surface area (Å²) in [4.78, 5) is 13.9. The van der Waals surface area contributed by atoms with E-state index in [1.165, 1.54) is 12.1 Å². The van der Waals surface area contributed by atoms with E-state index >= 15 is 0 Å². The summed E-state index contributed by atoms with van der Waals surface area (Å²) in [6.07, 6.45) is 1.99. The number of rotatable bonds is 2. The lowest BCUT2D eigenvalue weighted by Crippen LogP contribution is -2.43. The summed E-state index contributed by atoms with van der Waals surface area (Å²) in [7, 11) is 0. The number of aryl methyl sites for hydroxylation is 1. The van der Waals surface area contributed by atoms with Crippen molar-refractivity contribution in [3.05, 3.63) is 35.1 Å². The number of hydrogen-bond acceptors (Lipinski definition) is 2. The van der Waals surface area contributed by atoms with E-state index < -0.39 is 0 Å². The molecule has 0 bridgehead atoms. The van der Waals surface area contributed by atoms with Crippen molar-refractivity contribution in [1.82, 2.24) is 4.90 Å². The molecule has 1 saturated heterocycles. The average Bonchev–Trinajstić information content (AvgIpc) is 2.34. The van der Waals surface area contributed by atoms with Crippen LogP contribution in [0, 0.1) is 12.7 Å². The summed E-state index contributed by atoms with van der Waals surface area (Å²) in [6.45, 7) is 3.33. The predicted octanol–water partition coefficient (Wildman–Crippen LogP) is 2.05. The van der Waals surface area contributed by atoms with Crippen molar-refractivity contribution in [3.8, 4) is 0 Å². The molecule has 0 saturated carbocycles. The molecule has 1 aromatic rings. The van der Waals surface area contributed by atoms with Crippen LogP contribution in [0.3, 0.4) is 0 Å². The Labute approximate surface area is 119 Å². The maximum Gasteiger partial charge on any atom is 0.227 e. The van der Waals surface area contributed by atoms with E-state index in [0.29, 0.717) is 13.1 Å². The van der Waals surface area contributed by atoms with Crippen LogP contribution in [0.5, 0.6) is 0 Å². The maximum absolute atomic E-state index is 13.1. The highest BCUT2D eigenvalue weighted by Crippen LogP contribution is 2.14. The zero-order valence-electron chi connectivity index (χ0n) is 11.1. The smallest absolute Gasteiger partial charge is 0.227 e. The van der Waals surface area contributed by atoms with Gasteiger partial charge in [0, 0.05) is 19.1 Å². The lowest BCUT2D eigenvalue weighted by molar-refractivity contribution is -0.131. The number of likely N-dealkylation sites (tertiary alicyclic amines) is 1. The number of carbonyl (C=O) groups is 1. The first-order valence-electron chi connectivity index (χ1n) is 6.34. The molecule has 1 amide bonds. The number of nitrogens with zero attached hydrogens (tertiary/aromatic N) is 1. The van der Waals surface area contributed by atoms with Gasteiger partial charge in [0.05, 0.1) is 6.42 Å². The molecule has 1 aliphatic rings. The molecule has 1 heterocycles. The summed E-state index contributed by atoms with van der Waals surface area (Å²) >= 11 is 0. The largest absolute Gasteiger partial charge is 0.342 e. The third kappa shape index (κ3) is 4.18. The number of benzene rings is 1. The van der Waals surface area contributed by atoms with E-state index in [2.05, 4.69) is 0 Å². The molecule has 5 heteroatoms. The topological polar surface area (TPSA) is 46.3 Å². The molecule has 1 aliphatic heterocycles. The van der Waals surface area contributed by atoms with Crippen molar-refractivity contribution in [2.45, 2.75) is 32.2 Å². The molecule has 0 aliphatic carbocycles. The van der Waals surface area contributed by atoms with Gasteiger partial charge in [0.1, 0.15) is 5.82 Å². The number of piperidine rings is 1. The van der Waals surface area contributed by atoms with Crippen molar-refractivity contribution in [3.63, 3.8) is 0 Å². The lowest BCUT2D eigenvalue weighted by atomic mass is 10.0. The van der Waals surface area contributed by atoms with Gasteiger partial charge in [0.25, 0.3) is 0 Å². The third-order valence-corrected chi connectivity index (χ3v) is 3.55. The fourth-order valence-electron chi connectivity index (χ4n) is 2.25. The average molecular weight is 287 g/mol. The number of hydrogen-bond donors (Lipinski definition) is 1. The Morgan fingerprint density at radius 2 is 2.05 bits per heavy atom. The first-order valence-corrected chi connectivity index (χ1v) is 6.34. The zero-order chi connectivity index (χ0) is 13.1. The summed E-state index contributed by atoms with van der Waals surface area (Å²) in [5, 5.41) is 0. The molecule has 0 unspecified atom stereocenters. The molecular weight excluding hydrogens is 267 g/mol. The van der Waals surface area contributed by atoms with Gasteiger partial charge in [-0.2, -0.15) is 0 Å². The van der Waals surface area contributed by atoms with Crippen LogP contribution < -0.4 is 5.73 Å². The number of amides is 1. The minimum Gasteiger partial charge on any atom is -0.342 e. The van der Waals surface area contributed by atoms with Gasteiger partial charge in [-0.15, -0.1) is 12.4 Å². The van der Waals surface area contributed by atoms with Crippen LogP contribution in [0.25, 0.3) is 0 Å². The Kier molecular flexibility index (Phi) is 5.76. The summed E-state index contributed by atoms with van der Waals surface area (Å²) in [5.41, 5.74) is 7.54. The summed E-state index contributed by atoms with van der Waals surface area (Å²) in [6, 6.07) is 4.79. The van der Waals surface area contributed by atoms with Crippen molar-refractivity contribution in [2.24, 2.45) is 5.73 Å². The molecule has 0 radical (unpaired) electrons. The zero-order valence-corrected chi connectivity index (χ0v) is 11.9. The molecule has 0 atom stereocenters. The Hall–Kier alpha value is -1.13. The van der Waals surface area contributed by atoms with Crippen LogP contribution >= 0.6 is 12.4 Å². The highest BCUT2D eigenvalue weighted by atomic mass is 35.5. The fourth-order valence-corrected chi connectivity index (χ4v) is 2.25. The Morgan fingerprint density at radius 1 is 1.42 bits per heavy atom. The second kappa shape index (κ2) is 6.87. The highest BCUT2D eigenvalue weighted by molar-refractivity contribution is 5.85. The van der Waals surface area contributed by atoms with Gasteiger partial charge in [-0.1, -0.05) is 6.07 Å². The highest BCUT2D eigenvalue weighted by Gasteiger charge is 2.21. The number of nitrogens with two attached hydrogens (primary N) is 1. The van der Waals surface area contributed by atoms with Gasteiger partial charge >= 0.3 is 0 Å². The minimum atomic E-state index is -0.288. The molecule has 1 aromatic carbocycles. The van der Waals surface area contributed by atoms with Crippen LogP contribution in [0.1, 0.15) is 24.0 Å². The van der Waals surface area contributed by atoms with Crippen LogP contribution in [0.15, 0.2) is 18.2 Å². The van der Waals surface area contributed by atoms with Crippen molar-refractivity contribution < 1.29 is 9.18 Å². The Morgan fingerprint density at radius 3 is 2.68 bits per heavy atom.